The van der Waals surface area contributed by atoms with Crippen LogP contribution in [0.3, 0.4) is 0 Å². The van der Waals surface area contributed by atoms with E-state index in [9.17, 15) is 4.79 Å². The van der Waals surface area contributed by atoms with E-state index in [0.29, 0.717) is 16.0 Å². The molecule has 1 amide bonds. The van der Waals surface area contributed by atoms with Crippen LogP contribution in [0.15, 0.2) is 46.9 Å². The maximum absolute atomic E-state index is 12.4. The molecule has 0 bridgehead atoms. The lowest BCUT2D eigenvalue weighted by Crippen LogP contribution is -2.22. The zero-order valence-electron chi connectivity index (χ0n) is 18.7. The third-order valence-corrected chi connectivity index (χ3v) is 7.06. The van der Waals surface area contributed by atoms with E-state index in [2.05, 4.69) is 22.4 Å². The number of thiazole rings is 1. The fourth-order valence-corrected chi connectivity index (χ4v) is 5.21. The number of hydrogen-bond donors (Lipinski definition) is 0. The summed E-state index contributed by atoms with van der Waals surface area (Å²) in [6.07, 6.45) is 0. The topological polar surface area (TPSA) is 76.8 Å². The Bertz CT molecular complexity index is 1260. The monoisotopic (exact) mass is 464 g/mol. The first kappa shape index (κ1) is 22.2. The lowest BCUT2D eigenvalue weighted by Gasteiger charge is -2.19. The highest BCUT2D eigenvalue weighted by Crippen LogP contribution is 2.32. The van der Waals surface area contributed by atoms with Crippen LogP contribution >= 0.6 is 23.1 Å². The Kier molecular flexibility index (Phi) is 6.38. The number of nitrogens with zero attached hydrogens (tertiary/aromatic N) is 6. The molecule has 0 unspecified atom stereocenters. The molecule has 2 aromatic carbocycles. The second-order valence-corrected chi connectivity index (χ2v) is 9.43. The molecular weight excluding hydrogens is 440 g/mol. The summed E-state index contributed by atoms with van der Waals surface area (Å²) in [7, 11) is 0. The molecule has 0 N–H and O–H groups in total. The van der Waals surface area contributed by atoms with E-state index in [1.54, 1.807) is 16.5 Å². The summed E-state index contributed by atoms with van der Waals surface area (Å²) in [6.45, 7) is 9.76. The zero-order valence-corrected chi connectivity index (χ0v) is 20.3. The van der Waals surface area contributed by atoms with Gasteiger partial charge in [0.15, 0.2) is 5.13 Å². The minimum atomic E-state index is -0.0687. The van der Waals surface area contributed by atoms with Crippen LogP contribution in [-0.2, 0) is 10.5 Å². The highest BCUT2D eigenvalue weighted by atomic mass is 32.2. The standard InChI is InChI=1S/C23H24N6OS2/c1-14-9-10-20(11-17(14)4)28(18(5)30)22-24-19(12-31-22)13-32-23-25-26-27-29(23)21-15(2)7-6-8-16(21)3/h6-12H,13H2,1-5H3. The van der Waals surface area contributed by atoms with Crippen LogP contribution in [0.2, 0.25) is 0 Å². The summed E-state index contributed by atoms with van der Waals surface area (Å²) in [5.74, 6) is 0.529. The van der Waals surface area contributed by atoms with Crippen LogP contribution < -0.4 is 4.90 Å². The molecular formula is C23H24N6OS2. The van der Waals surface area contributed by atoms with Crippen molar-refractivity contribution < 1.29 is 4.79 Å². The zero-order chi connectivity index (χ0) is 22.8. The first-order chi connectivity index (χ1) is 15.3. The molecule has 32 heavy (non-hydrogen) atoms. The van der Waals surface area contributed by atoms with Crippen molar-refractivity contribution in [1.29, 1.82) is 0 Å². The predicted molar refractivity (Wildman–Crippen MR) is 129 cm³/mol. The quantitative estimate of drug-likeness (QED) is 0.359. The van der Waals surface area contributed by atoms with Gasteiger partial charge in [0, 0.05) is 18.1 Å². The number of thioether (sulfide) groups is 1. The second-order valence-electron chi connectivity index (χ2n) is 7.65. The summed E-state index contributed by atoms with van der Waals surface area (Å²) < 4.78 is 1.78. The predicted octanol–water partition coefficient (Wildman–Crippen LogP) is 5.33. The van der Waals surface area contributed by atoms with Gasteiger partial charge < -0.3 is 0 Å². The third kappa shape index (κ3) is 4.44. The molecule has 164 valence electrons. The molecule has 0 aliphatic rings. The molecule has 4 aromatic rings. The van der Waals surface area contributed by atoms with Gasteiger partial charge >= 0.3 is 0 Å². The summed E-state index contributed by atoms with van der Waals surface area (Å²) in [5, 5.41) is 15.6. The van der Waals surface area contributed by atoms with Gasteiger partial charge in [-0.15, -0.1) is 16.4 Å². The van der Waals surface area contributed by atoms with E-state index >= 15 is 0 Å². The molecule has 0 aliphatic carbocycles. The van der Waals surface area contributed by atoms with E-state index in [0.717, 1.165) is 33.8 Å². The van der Waals surface area contributed by atoms with Crippen LogP contribution in [-0.4, -0.2) is 31.1 Å². The normalized spacial score (nSPS) is 11.0. The van der Waals surface area contributed by atoms with E-state index in [-0.39, 0.29) is 5.91 Å². The minimum absolute atomic E-state index is 0.0687. The van der Waals surface area contributed by atoms with Crippen LogP contribution in [0, 0.1) is 27.7 Å². The maximum atomic E-state index is 12.4. The van der Waals surface area contributed by atoms with Gasteiger partial charge in [0.2, 0.25) is 11.1 Å². The van der Waals surface area contributed by atoms with Gasteiger partial charge in [0.25, 0.3) is 0 Å². The summed E-state index contributed by atoms with van der Waals surface area (Å²) in [5.41, 5.74) is 7.25. The van der Waals surface area contributed by atoms with Gasteiger partial charge in [-0.3, -0.25) is 9.69 Å². The molecule has 0 atom stereocenters. The Morgan fingerprint density at radius 2 is 1.81 bits per heavy atom. The number of rotatable bonds is 6. The average molecular weight is 465 g/mol. The Balaban J connectivity index is 1.55. The summed E-state index contributed by atoms with van der Waals surface area (Å²) in [4.78, 5) is 18.8. The van der Waals surface area contributed by atoms with Crippen molar-refractivity contribution in [3.63, 3.8) is 0 Å². The lowest BCUT2D eigenvalue weighted by molar-refractivity contribution is -0.115. The van der Waals surface area contributed by atoms with Gasteiger partial charge in [-0.1, -0.05) is 36.0 Å². The van der Waals surface area contributed by atoms with Crippen molar-refractivity contribution in [3.05, 3.63) is 69.7 Å². The smallest absolute Gasteiger partial charge is 0.230 e. The minimum Gasteiger partial charge on any atom is -0.274 e. The number of tetrazole rings is 1. The van der Waals surface area contributed by atoms with Gasteiger partial charge in [-0.05, 0) is 72.5 Å². The van der Waals surface area contributed by atoms with Crippen molar-refractivity contribution >= 4 is 39.8 Å². The number of anilines is 2. The van der Waals surface area contributed by atoms with Crippen LogP contribution in [0.1, 0.15) is 34.9 Å². The molecule has 0 radical (unpaired) electrons. The number of benzene rings is 2. The Morgan fingerprint density at radius 3 is 2.50 bits per heavy atom. The fraction of sp³-hybridized carbons (Fsp3) is 0.261. The lowest BCUT2D eigenvalue weighted by atomic mass is 10.1. The number of para-hydroxylation sites is 1. The van der Waals surface area contributed by atoms with Crippen LogP contribution in [0.5, 0.6) is 0 Å². The third-order valence-electron chi connectivity index (χ3n) is 5.24. The van der Waals surface area contributed by atoms with E-state index < -0.39 is 0 Å². The highest BCUT2D eigenvalue weighted by Gasteiger charge is 2.19. The average Bonchev–Trinajstić information content (AvgIpc) is 3.39. The van der Waals surface area contributed by atoms with E-state index in [1.165, 1.54) is 28.7 Å². The first-order valence-electron chi connectivity index (χ1n) is 10.1. The van der Waals surface area contributed by atoms with Gasteiger partial charge in [0.1, 0.15) is 0 Å². The summed E-state index contributed by atoms with van der Waals surface area (Å²) >= 11 is 2.98. The van der Waals surface area contributed by atoms with Crippen molar-refractivity contribution in [1.82, 2.24) is 25.2 Å². The maximum Gasteiger partial charge on any atom is 0.230 e. The molecule has 0 fully saturated rings. The molecule has 0 spiro atoms. The van der Waals surface area contributed by atoms with Gasteiger partial charge in [-0.25, -0.2) is 4.98 Å². The number of carbonyl (C=O) groups is 1. The number of hydrogen-bond acceptors (Lipinski definition) is 7. The summed E-state index contributed by atoms with van der Waals surface area (Å²) in [6, 6.07) is 12.1. The van der Waals surface area contributed by atoms with Crippen molar-refractivity contribution in [2.24, 2.45) is 0 Å². The highest BCUT2D eigenvalue weighted by molar-refractivity contribution is 7.98. The Hall–Kier alpha value is -3.04. The fourth-order valence-electron chi connectivity index (χ4n) is 3.44. The van der Waals surface area contributed by atoms with Gasteiger partial charge in [0.05, 0.1) is 17.1 Å². The molecule has 4 rings (SSSR count). The molecule has 2 aromatic heterocycles. The molecule has 0 aliphatic heterocycles. The number of aryl methyl sites for hydroxylation is 4. The van der Waals surface area contributed by atoms with E-state index in [1.807, 2.05) is 62.5 Å². The molecule has 9 heteroatoms. The Morgan fingerprint density at radius 1 is 1.06 bits per heavy atom. The SMILES string of the molecule is CC(=O)N(c1ccc(C)c(C)c1)c1nc(CSc2nnnn2-c2c(C)cccc2C)cs1. The second kappa shape index (κ2) is 9.22. The Labute approximate surface area is 195 Å². The van der Waals surface area contributed by atoms with Crippen molar-refractivity contribution in [2.75, 3.05) is 4.90 Å². The van der Waals surface area contributed by atoms with E-state index in [4.69, 9.17) is 4.98 Å². The van der Waals surface area contributed by atoms with Gasteiger partial charge in [-0.2, -0.15) is 4.68 Å². The number of aromatic nitrogens is 5. The van der Waals surface area contributed by atoms with Crippen LogP contribution in [0.4, 0.5) is 10.8 Å². The first-order valence-corrected chi connectivity index (χ1v) is 12.0. The molecule has 0 saturated heterocycles. The molecule has 0 saturated carbocycles. The molecule has 7 nitrogen and oxygen atoms in total. The van der Waals surface area contributed by atoms with Crippen LogP contribution in [0.25, 0.3) is 5.69 Å². The largest absolute Gasteiger partial charge is 0.274 e. The number of carbonyl (C=O) groups excluding carboxylic acids is 1. The molecule has 2 heterocycles. The van der Waals surface area contributed by atoms with Crippen molar-refractivity contribution in [3.8, 4) is 5.69 Å². The number of amides is 1. The van der Waals surface area contributed by atoms with Crippen molar-refractivity contribution in [2.45, 2.75) is 45.5 Å².